The lowest BCUT2D eigenvalue weighted by Crippen LogP contribution is -2.08. The Morgan fingerprint density at radius 3 is 2.56 bits per heavy atom. The second-order valence-electron chi connectivity index (χ2n) is 2.88. The first-order chi connectivity index (χ1) is 7.40. The van der Waals surface area contributed by atoms with Crippen molar-refractivity contribution in [3.63, 3.8) is 0 Å². The van der Waals surface area contributed by atoms with E-state index in [-0.39, 0.29) is 23.6 Å². The van der Waals surface area contributed by atoms with Crippen LogP contribution in [-0.2, 0) is 21.0 Å². The highest BCUT2D eigenvalue weighted by Crippen LogP contribution is 2.17. The standard InChI is InChI=1S/C8H9NO6S/c10-9(11)8-4-2-1-3-7(8)5-6-15-16(12,13)14/h1-4H,5-6H2,(H-,10,11,12,13,14). The number of benzene rings is 1. The second-order valence-corrected chi connectivity index (χ2v) is 3.93. The Bertz CT molecular complexity index is 483. The molecular formula is C8H9NO6S. The Labute approximate surface area is 91.8 Å². The van der Waals surface area contributed by atoms with E-state index in [1.54, 1.807) is 6.07 Å². The van der Waals surface area contributed by atoms with Gasteiger partial charge < -0.3 is 4.55 Å². The molecule has 0 aliphatic rings. The maximum atomic E-state index is 10.7. The highest BCUT2D eigenvalue weighted by Gasteiger charge is 2.16. The molecule has 0 spiro atoms. The fourth-order valence-corrected chi connectivity index (χ4v) is 1.45. The maximum absolute atomic E-state index is 10.7. The van der Waals surface area contributed by atoms with Crippen molar-refractivity contribution in [1.29, 1.82) is 0 Å². The van der Waals surface area contributed by atoms with Gasteiger partial charge in [0.2, 0.25) is 10.4 Å². The average molecular weight is 247 g/mol. The van der Waals surface area contributed by atoms with Crippen LogP contribution in [0.5, 0.6) is 0 Å². The van der Waals surface area contributed by atoms with Gasteiger partial charge in [0.25, 0.3) is 4.92 Å². The van der Waals surface area contributed by atoms with E-state index < -0.39 is 10.4 Å². The molecule has 16 heavy (non-hydrogen) atoms. The molecule has 1 aromatic carbocycles. The Balaban J connectivity index is 2.71. The van der Waals surface area contributed by atoms with Gasteiger partial charge in [-0.3, -0.25) is 4.18 Å². The van der Waals surface area contributed by atoms with Crippen molar-refractivity contribution >= 4 is 16.1 Å². The molecule has 0 aliphatic heterocycles. The third-order valence-corrected chi connectivity index (χ3v) is 2.25. The molecule has 8 heteroatoms. The molecule has 0 unspecified atom stereocenters. The third-order valence-electron chi connectivity index (χ3n) is 1.80. The minimum Gasteiger partial charge on any atom is -0.726 e. The SMILES string of the molecule is O=[N+](O)c1ccccc1CCOS(=O)(=O)[O-]. The third kappa shape index (κ3) is 3.93. The largest absolute Gasteiger partial charge is 0.726 e. The van der Waals surface area contributed by atoms with E-state index in [4.69, 9.17) is 5.21 Å². The average Bonchev–Trinajstić information content (AvgIpc) is 2.16. The Hall–Kier alpha value is -1.51. The van der Waals surface area contributed by atoms with Crippen molar-refractivity contribution in [3.05, 3.63) is 34.7 Å². The molecular weight excluding hydrogens is 238 g/mol. The summed E-state index contributed by atoms with van der Waals surface area (Å²) in [6.45, 7) is -0.378. The van der Waals surface area contributed by atoms with E-state index in [2.05, 4.69) is 4.18 Å². The second kappa shape index (κ2) is 5.01. The van der Waals surface area contributed by atoms with Crippen LogP contribution in [0.4, 0.5) is 5.69 Å². The van der Waals surface area contributed by atoms with Crippen molar-refractivity contribution in [2.24, 2.45) is 0 Å². The highest BCUT2D eigenvalue weighted by molar-refractivity contribution is 7.80. The zero-order valence-electron chi connectivity index (χ0n) is 8.07. The smallest absolute Gasteiger partial charge is 0.319 e. The normalized spacial score (nSPS) is 11.3. The fraction of sp³-hybridized carbons (Fsp3) is 0.250. The molecule has 0 atom stereocenters. The summed E-state index contributed by atoms with van der Waals surface area (Å²) in [5.74, 6) is 0. The van der Waals surface area contributed by atoms with Crippen LogP contribution in [0.3, 0.4) is 0 Å². The van der Waals surface area contributed by atoms with Gasteiger partial charge in [0.15, 0.2) is 0 Å². The van der Waals surface area contributed by atoms with Gasteiger partial charge >= 0.3 is 5.69 Å². The first kappa shape index (κ1) is 12.6. The molecule has 0 aromatic heterocycles. The summed E-state index contributed by atoms with van der Waals surface area (Å²) >= 11 is 0. The van der Waals surface area contributed by atoms with Crippen LogP contribution in [0.1, 0.15) is 5.56 Å². The van der Waals surface area contributed by atoms with Crippen LogP contribution in [0.2, 0.25) is 0 Å². The van der Waals surface area contributed by atoms with Gasteiger partial charge in [-0.2, -0.15) is 0 Å². The quantitative estimate of drug-likeness (QED) is 0.461. The number of para-hydroxylation sites is 1. The van der Waals surface area contributed by atoms with Crippen LogP contribution in [0, 0.1) is 4.91 Å². The van der Waals surface area contributed by atoms with Crippen LogP contribution >= 0.6 is 0 Å². The van der Waals surface area contributed by atoms with Gasteiger partial charge in [-0.25, -0.2) is 13.6 Å². The van der Waals surface area contributed by atoms with E-state index in [1.165, 1.54) is 18.2 Å². The van der Waals surface area contributed by atoms with Crippen molar-refractivity contribution in [3.8, 4) is 0 Å². The van der Waals surface area contributed by atoms with Gasteiger partial charge in [-0.15, -0.1) is 0 Å². The van der Waals surface area contributed by atoms with Gasteiger partial charge in [0, 0.05) is 18.1 Å². The molecule has 88 valence electrons. The van der Waals surface area contributed by atoms with E-state index in [9.17, 15) is 17.9 Å². The minimum atomic E-state index is -4.73. The van der Waals surface area contributed by atoms with Crippen LogP contribution in [-0.4, -0.2) is 29.7 Å². The van der Waals surface area contributed by atoms with E-state index >= 15 is 0 Å². The van der Waals surface area contributed by atoms with E-state index in [1.807, 2.05) is 0 Å². The topological polar surface area (TPSA) is 107 Å². The number of hydrogen-bond acceptors (Lipinski definition) is 5. The van der Waals surface area contributed by atoms with Crippen molar-refractivity contribution in [2.75, 3.05) is 6.61 Å². The number of hydrogen-bond donors (Lipinski definition) is 1. The lowest BCUT2D eigenvalue weighted by atomic mass is 10.1. The molecule has 0 radical (unpaired) electrons. The molecule has 1 rings (SSSR count). The summed E-state index contributed by atoms with van der Waals surface area (Å²) in [5, 5.41) is 8.72. The summed E-state index contributed by atoms with van der Waals surface area (Å²) in [7, 11) is -4.73. The van der Waals surface area contributed by atoms with Crippen LogP contribution in [0.25, 0.3) is 0 Å². The number of rotatable bonds is 5. The molecule has 1 aromatic rings. The van der Waals surface area contributed by atoms with Gasteiger partial charge in [0.1, 0.15) is 0 Å². The minimum absolute atomic E-state index is 0.0191. The molecule has 7 nitrogen and oxygen atoms in total. The summed E-state index contributed by atoms with van der Waals surface area (Å²) in [6, 6.07) is 6.00. The van der Waals surface area contributed by atoms with E-state index in [0.717, 1.165) is 0 Å². The summed E-state index contributed by atoms with van der Waals surface area (Å²) in [5.41, 5.74) is 0.359. The van der Waals surface area contributed by atoms with Gasteiger partial charge in [0.05, 0.1) is 11.5 Å². The predicted octanol–water partition coefficient (Wildman–Crippen LogP) is 0.505. The predicted molar refractivity (Wildman–Crippen MR) is 50.9 cm³/mol. The molecule has 0 saturated carbocycles. The Kier molecular flexibility index (Phi) is 3.93. The zero-order valence-corrected chi connectivity index (χ0v) is 8.88. The lowest BCUT2D eigenvalue weighted by Gasteiger charge is -2.06. The molecule has 0 aliphatic carbocycles. The first-order valence-electron chi connectivity index (χ1n) is 4.24. The van der Waals surface area contributed by atoms with Gasteiger partial charge in [-0.05, 0) is 0 Å². The van der Waals surface area contributed by atoms with Gasteiger partial charge in [-0.1, -0.05) is 18.2 Å². The monoisotopic (exact) mass is 247 g/mol. The highest BCUT2D eigenvalue weighted by atomic mass is 32.3. The lowest BCUT2D eigenvalue weighted by molar-refractivity contribution is -0.730. The molecule has 1 N–H and O–H groups in total. The van der Waals surface area contributed by atoms with Crippen LogP contribution in [0.15, 0.2) is 24.3 Å². The molecule has 0 amide bonds. The van der Waals surface area contributed by atoms with Crippen LogP contribution < -0.4 is 0 Å². The summed E-state index contributed by atoms with van der Waals surface area (Å²) < 4.78 is 34.4. The van der Waals surface area contributed by atoms with E-state index in [0.29, 0.717) is 5.56 Å². The summed E-state index contributed by atoms with van der Waals surface area (Å²) in [4.78, 5) is 10.3. The zero-order chi connectivity index (χ0) is 12.2. The number of nitrogens with zero attached hydrogens (tertiary/aromatic N) is 1. The van der Waals surface area contributed by atoms with Crippen molar-refractivity contribution in [1.82, 2.24) is 0 Å². The summed E-state index contributed by atoms with van der Waals surface area (Å²) in [6.07, 6.45) is 0.0247. The first-order valence-corrected chi connectivity index (χ1v) is 5.58. The molecule has 0 bridgehead atoms. The fourth-order valence-electron chi connectivity index (χ4n) is 1.16. The van der Waals surface area contributed by atoms with Crippen molar-refractivity contribution < 1.29 is 27.3 Å². The Morgan fingerprint density at radius 2 is 2.00 bits per heavy atom. The molecule has 0 saturated heterocycles. The molecule has 0 heterocycles. The van der Waals surface area contributed by atoms with Crippen molar-refractivity contribution in [2.45, 2.75) is 6.42 Å². The Morgan fingerprint density at radius 1 is 1.38 bits per heavy atom. The molecule has 0 fully saturated rings. The maximum Gasteiger partial charge on any atom is 0.319 e.